The first kappa shape index (κ1) is 13.0. The maximum absolute atomic E-state index is 5.53. The highest BCUT2D eigenvalue weighted by molar-refractivity contribution is 4.68. The van der Waals surface area contributed by atoms with Crippen LogP contribution in [0.5, 0.6) is 0 Å². The van der Waals surface area contributed by atoms with Crippen molar-refractivity contribution in [3.8, 4) is 0 Å². The summed E-state index contributed by atoms with van der Waals surface area (Å²) in [5.41, 5.74) is 0. The quantitative estimate of drug-likeness (QED) is 0.629. The Morgan fingerprint density at radius 3 is 2.47 bits per heavy atom. The van der Waals surface area contributed by atoms with Gasteiger partial charge >= 0.3 is 0 Å². The number of piperidine rings is 1. The van der Waals surface area contributed by atoms with Crippen LogP contribution in [-0.2, 0) is 4.74 Å². The number of likely N-dealkylation sites (tertiary alicyclic amines) is 1. The molecule has 0 bridgehead atoms. The molecule has 1 heterocycles. The first-order valence-electron chi connectivity index (χ1n) is 6.52. The van der Waals surface area contributed by atoms with E-state index in [0.29, 0.717) is 6.10 Å². The summed E-state index contributed by atoms with van der Waals surface area (Å²) in [4.78, 5) is 2.61. The Morgan fingerprint density at radius 1 is 1.20 bits per heavy atom. The Bertz CT molecular complexity index is 151. The Labute approximate surface area is 95.0 Å². The van der Waals surface area contributed by atoms with E-state index >= 15 is 0 Å². The van der Waals surface area contributed by atoms with Crippen molar-refractivity contribution in [2.45, 2.75) is 52.6 Å². The van der Waals surface area contributed by atoms with Gasteiger partial charge in [-0.05, 0) is 65.1 Å². The second-order valence-corrected chi connectivity index (χ2v) is 5.15. The van der Waals surface area contributed by atoms with Gasteiger partial charge in [0.05, 0.1) is 6.10 Å². The third kappa shape index (κ3) is 6.16. The van der Waals surface area contributed by atoms with Gasteiger partial charge in [0, 0.05) is 6.61 Å². The SMILES string of the molecule is CC1CCN(CCCCOC(C)C)CC1. The second kappa shape index (κ2) is 7.24. The van der Waals surface area contributed by atoms with Crippen molar-refractivity contribution in [2.24, 2.45) is 5.92 Å². The van der Waals surface area contributed by atoms with Gasteiger partial charge in [-0.2, -0.15) is 0 Å². The molecule has 2 heteroatoms. The highest BCUT2D eigenvalue weighted by atomic mass is 16.5. The van der Waals surface area contributed by atoms with Gasteiger partial charge in [-0.3, -0.25) is 0 Å². The van der Waals surface area contributed by atoms with E-state index in [9.17, 15) is 0 Å². The first-order chi connectivity index (χ1) is 7.18. The molecule has 0 aromatic heterocycles. The Morgan fingerprint density at radius 2 is 1.87 bits per heavy atom. The molecule has 0 atom stereocenters. The Hall–Kier alpha value is -0.0800. The topological polar surface area (TPSA) is 12.5 Å². The van der Waals surface area contributed by atoms with Crippen LogP contribution < -0.4 is 0 Å². The van der Waals surface area contributed by atoms with Crippen LogP contribution in [0.3, 0.4) is 0 Å². The van der Waals surface area contributed by atoms with Gasteiger partial charge in [-0.25, -0.2) is 0 Å². The molecule has 1 saturated heterocycles. The number of hydrogen-bond acceptors (Lipinski definition) is 2. The smallest absolute Gasteiger partial charge is 0.0518 e. The molecule has 1 aliphatic heterocycles. The largest absolute Gasteiger partial charge is 0.379 e. The molecule has 0 spiro atoms. The van der Waals surface area contributed by atoms with Gasteiger partial charge < -0.3 is 9.64 Å². The number of ether oxygens (including phenoxy) is 1. The highest BCUT2D eigenvalue weighted by Gasteiger charge is 2.14. The average molecular weight is 213 g/mol. The number of nitrogens with zero attached hydrogens (tertiary/aromatic N) is 1. The van der Waals surface area contributed by atoms with Gasteiger partial charge in [0.1, 0.15) is 0 Å². The minimum absolute atomic E-state index is 0.390. The number of hydrogen-bond donors (Lipinski definition) is 0. The van der Waals surface area contributed by atoms with Crippen molar-refractivity contribution in [2.75, 3.05) is 26.2 Å². The lowest BCUT2D eigenvalue weighted by Crippen LogP contribution is -2.33. The molecule has 0 amide bonds. The molecular formula is C13H27NO. The maximum Gasteiger partial charge on any atom is 0.0518 e. The van der Waals surface area contributed by atoms with Crippen LogP contribution in [0.4, 0.5) is 0 Å². The summed E-state index contributed by atoms with van der Waals surface area (Å²) < 4.78 is 5.53. The van der Waals surface area contributed by atoms with Gasteiger partial charge in [-0.1, -0.05) is 6.92 Å². The molecule has 0 saturated carbocycles. The molecule has 2 nitrogen and oxygen atoms in total. The standard InChI is InChI=1S/C13H27NO/c1-12(2)15-11-5-4-8-14-9-6-13(3)7-10-14/h12-13H,4-11H2,1-3H3. The lowest BCUT2D eigenvalue weighted by Gasteiger charge is -2.30. The van der Waals surface area contributed by atoms with Crippen molar-refractivity contribution in [1.29, 1.82) is 0 Å². The van der Waals surface area contributed by atoms with Crippen molar-refractivity contribution in [1.82, 2.24) is 4.90 Å². The molecule has 1 rings (SSSR count). The maximum atomic E-state index is 5.53. The molecule has 0 radical (unpaired) electrons. The zero-order chi connectivity index (χ0) is 11.1. The fourth-order valence-corrected chi connectivity index (χ4v) is 2.04. The molecular weight excluding hydrogens is 186 g/mol. The normalized spacial score (nSPS) is 20.0. The van der Waals surface area contributed by atoms with Crippen molar-refractivity contribution < 1.29 is 4.74 Å². The van der Waals surface area contributed by atoms with Crippen LogP contribution in [0.15, 0.2) is 0 Å². The second-order valence-electron chi connectivity index (χ2n) is 5.15. The summed E-state index contributed by atoms with van der Waals surface area (Å²) in [6, 6.07) is 0. The van der Waals surface area contributed by atoms with Crippen LogP contribution in [0.25, 0.3) is 0 Å². The van der Waals surface area contributed by atoms with E-state index in [1.807, 2.05) is 0 Å². The summed E-state index contributed by atoms with van der Waals surface area (Å²) in [5, 5.41) is 0. The Kier molecular flexibility index (Phi) is 6.26. The summed E-state index contributed by atoms with van der Waals surface area (Å²) >= 11 is 0. The molecule has 0 aromatic rings. The molecule has 0 aromatic carbocycles. The molecule has 15 heavy (non-hydrogen) atoms. The van der Waals surface area contributed by atoms with Gasteiger partial charge in [0.2, 0.25) is 0 Å². The van der Waals surface area contributed by atoms with Crippen molar-refractivity contribution in [3.63, 3.8) is 0 Å². The van der Waals surface area contributed by atoms with Crippen LogP contribution >= 0.6 is 0 Å². The van der Waals surface area contributed by atoms with Crippen LogP contribution in [0, 0.1) is 5.92 Å². The number of unbranched alkanes of at least 4 members (excludes halogenated alkanes) is 1. The summed E-state index contributed by atoms with van der Waals surface area (Å²) in [7, 11) is 0. The fourth-order valence-electron chi connectivity index (χ4n) is 2.04. The van der Waals surface area contributed by atoms with E-state index < -0.39 is 0 Å². The molecule has 0 N–H and O–H groups in total. The molecule has 1 aliphatic rings. The lowest BCUT2D eigenvalue weighted by molar-refractivity contribution is 0.0732. The van der Waals surface area contributed by atoms with Crippen LogP contribution in [0.2, 0.25) is 0 Å². The molecule has 0 aliphatic carbocycles. The van der Waals surface area contributed by atoms with E-state index in [1.165, 1.54) is 45.3 Å². The lowest BCUT2D eigenvalue weighted by atomic mass is 9.99. The third-order valence-corrected chi connectivity index (χ3v) is 3.20. The minimum Gasteiger partial charge on any atom is -0.379 e. The summed E-state index contributed by atoms with van der Waals surface area (Å²) in [6.07, 6.45) is 5.68. The molecule has 0 unspecified atom stereocenters. The van der Waals surface area contributed by atoms with E-state index in [2.05, 4.69) is 25.7 Å². The van der Waals surface area contributed by atoms with Crippen LogP contribution in [-0.4, -0.2) is 37.2 Å². The van der Waals surface area contributed by atoms with E-state index in [0.717, 1.165) is 12.5 Å². The van der Waals surface area contributed by atoms with Gasteiger partial charge in [-0.15, -0.1) is 0 Å². The average Bonchev–Trinajstić information content (AvgIpc) is 2.20. The first-order valence-corrected chi connectivity index (χ1v) is 6.52. The van der Waals surface area contributed by atoms with E-state index in [1.54, 1.807) is 0 Å². The Balaban J connectivity index is 1.91. The number of rotatable bonds is 6. The highest BCUT2D eigenvalue weighted by Crippen LogP contribution is 2.16. The van der Waals surface area contributed by atoms with E-state index in [4.69, 9.17) is 4.74 Å². The summed E-state index contributed by atoms with van der Waals surface area (Å²) in [6.45, 7) is 11.4. The fraction of sp³-hybridized carbons (Fsp3) is 1.00. The van der Waals surface area contributed by atoms with Crippen LogP contribution in [0.1, 0.15) is 46.5 Å². The molecule has 1 fully saturated rings. The van der Waals surface area contributed by atoms with Crippen molar-refractivity contribution >= 4 is 0 Å². The molecule has 90 valence electrons. The monoisotopic (exact) mass is 213 g/mol. The van der Waals surface area contributed by atoms with Gasteiger partial charge in [0.15, 0.2) is 0 Å². The van der Waals surface area contributed by atoms with E-state index in [-0.39, 0.29) is 0 Å². The predicted molar refractivity (Wildman–Crippen MR) is 65.2 cm³/mol. The third-order valence-electron chi connectivity index (χ3n) is 3.20. The minimum atomic E-state index is 0.390. The zero-order valence-corrected chi connectivity index (χ0v) is 10.7. The summed E-state index contributed by atoms with van der Waals surface area (Å²) in [5.74, 6) is 0.950. The predicted octanol–water partition coefficient (Wildman–Crippen LogP) is 2.92. The van der Waals surface area contributed by atoms with Gasteiger partial charge in [0.25, 0.3) is 0 Å². The zero-order valence-electron chi connectivity index (χ0n) is 10.7. The van der Waals surface area contributed by atoms with Crippen molar-refractivity contribution in [3.05, 3.63) is 0 Å².